The maximum Gasteiger partial charge on any atom is 0.338 e. The maximum atomic E-state index is 13.3. The molecule has 4 rings (SSSR count). The smallest absolute Gasteiger partial charge is 0.338 e. The second-order valence-corrected chi connectivity index (χ2v) is 9.96. The third kappa shape index (κ3) is 4.77. The summed E-state index contributed by atoms with van der Waals surface area (Å²) in [6, 6.07) is 18.8. The van der Waals surface area contributed by atoms with Gasteiger partial charge in [0, 0.05) is 18.1 Å². The minimum atomic E-state index is -3.88. The van der Waals surface area contributed by atoms with Gasteiger partial charge in [0.05, 0.1) is 10.6 Å². The Morgan fingerprint density at radius 2 is 1.68 bits per heavy atom. The van der Waals surface area contributed by atoms with E-state index in [-0.39, 0.29) is 28.6 Å². The van der Waals surface area contributed by atoms with Gasteiger partial charge in [-0.25, -0.2) is 13.2 Å². The summed E-state index contributed by atoms with van der Waals surface area (Å²) in [6.07, 6.45) is 0.621. The topological polar surface area (TPSA) is 63.7 Å². The molecule has 0 fully saturated rings. The van der Waals surface area contributed by atoms with E-state index in [0.29, 0.717) is 18.0 Å². The van der Waals surface area contributed by atoms with Gasteiger partial charge in [-0.3, -0.25) is 0 Å². The highest BCUT2D eigenvalue weighted by Crippen LogP contribution is 2.30. The summed E-state index contributed by atoms with van der Waals surface area (Å²) in [6.45, 7) is 0.657. The molecular formula is C23H19Cl2NO4S. The molecule has 5 nitrogen and oxygen atoms in total. The number of rotatable bonds is 5. The molecule has 0 spiro atoms. The van der Waals surface area contributed by atoms with Crippen molar-refractivity contribution in [3.05, 3.63) is 99.0 Å². The summed E-state index contributed by atoms with van der Waals surface area (Å²) >= 11 is 12.1. The number of halogens is 2. The third-order valence-electron chi connectivity index (χ3n) is 5.16. The molecule has 31 heavy (non-hydrogen) atoms. The first-order valence-electron chi connectivity index (χ1n) is 9.62. The first-order chi connectivity index (χ1) is 14.8. The van der Waals surface area contributed by atoms with Crippen LogP contribution < -0.4 is 0 Å². The van der Waals surface area contributed by atoms with Crippen molar-refractivity contribution in [2.45, 2.75) is 24.5 Å². The van der Waals surface area contributed by atoms with Crippen LogP contribution in [0.25, 0.3) is 0 Å². The van der Waals surface area contributed by atoms with Gasteiger partial charge in [-0.05, 0) is 53.4 Å². The number of ether oxygens (including phenoxy) is 1. The lowest BCUT2D eigenvalue weighted by Crippen LogP contribution is -2.36. The quantitative estimate of drug-likeness (QED) is 0.481. The van der Waals surface area contributed by atoms with E-state index in [1.165, 1.54) is 22.5 Å². The van der Waals surface area contributed by atoms with E-state index < -0.39 is 16.0 Å². The molecule has 160 valence electrons. The fraction of sp³-hybridized carbons (Fsp3) is 0.174. The number of sulfonamides is 1. The molecule has 0 aromatic heterocycles. The van der Waals surface area contributed by atoms with Crippen molar-refractivity contribution in [3.63, 3.8) is 0 Å². The zero-order valence-corrected chi connectivity index (χ0v) is 18.8. The minimum Gasteiger partial charge on any atom is -0.457 e. The van der Waals surface area contributed by atoms with Crippen molar-refractivity contribution in [2.75, 3.05) is 6.54 Å². The number of esters is 1. The molecule has 0 radical (unpaired) electrons. The zero-order chi connectivity index (χ0) is 22.0. The van der Waals surface area contributed by atoms with E-state index in [1.807, 2.05) is 24.3 Å². The fourth-order valence-corrected chi connectivity index (χ4v) is 5.50. The van der Waals surface area contributed by atoms with E-state index in [1.54, 1.807) is 24.3 Å². The maximum absolute atomic E-state index is 13.3. The predicted octanol–water partition coefficient (Wildman–Crippen LogP) is 5.10. The zero-order valence-electron chi connectivity index (χ0n) is 16.4. The highest BCUT2D eigenvalue weighted by atomic mass is 35.5. The summed E-state index contributed by atoms with van der Waals surface area (Å²) in [7, 11) is -3.88. The van der Waals surface area contributed by atoms with Crippen molar-refractivity contribution < 1.29 is 17.9 Å². The largest absolute Gasteiger partial charge is 0.457 e. The number of hydrogen-bond donors (Lipinski definition) is 0. The van der Waals surface area contributed by atoms with Gasteiger partial charge in [0.25, 0.3) is 0 Å². The second-order valence-electron chi connectivity index (χ2n) is 7.21. The van der Waals surface area contributed by atoms with Crippen molar-refractivity contribution in [1.82, 2.24) is 4.31 Å². The van der Waals surface area contributed by atoms with Gasteiger partial charge in [-0.1, -0.05) is 59.6 Å². The van der Waals surface area contributed by atoms with Gasteiger partial charge >= 0.3 is 5.97 Å². The van der Waals surface area contributed by atoms with E-state index in [2.05, 4.69) is 0 Å². The van der Waals surface area contributed by atoms with E-state index in [9.17, 15) is 13.2 Å². The first kappa shape index (κ1) is 21.8. The Bertz CT molecular complexity index is 1230. The Kier molecular flexibility index (Phi) is 6.34. The van der Waals surface area contributed by atoms with Gasteiger partial charge in [-0.15, -0.1) is 0 Å². The van der Waals surface area contributed by atoms with Crippen molar-refractivity contribution >= 4 is 39.2 Å². The fourth-order valence-electron chi connectivity index (χ4n) is 3.45. The normalized spacial score (nSPS) is 14.1. The highest BCUT2D eigenvalue weighted by molar-refractivity contribution is 7.89. The van der Waals surface area contributed by atoms with Crippen LogP contribution in [0.5, 0.6) is 0 Å². The SMILES string of the molecule is O=C(OCc1ccc(Cl)cc1)c1ccc(Cl)c(S(=O)(=O)N2CCc3ccccc3C2)c1. The van der Waals surface area contributed by atoms with Crippen LogP contribution in [0.1, 0.15) is 27.0 Å². The van der Waals surface area contributed by atoms with Crippen LogP contribution in [0.3, 0.4) is 0 Å². The van der Waals surface area contributed by atoms with Crippen LogP contribution >= 0.6 is 23.2 Å². The van der Waals surface area contributed by atoms with Crippen molar-refractivity contribution in [2.24, 2.45) is 0 Å². The van der Waals surface area contributed by atoms with Crippen LogP contribution in [-0.2, 0) is 34.3 Å². The van der Waals surface area contributed by atoms with Gasteiger partial charge in [-0.2, -0.15) is 4.31 Å². The molecule has 8 heteroatoms. The number of carbonyl (C=O) groups excluding carboxylic acids is 1. The van der Waals surface area contributed by atoms with Crippen LogP contribution in [0.2, 0.25) is 10.0 Å². The molecule has 1 heterocycles. The van der Waals surface area contributed by atoms with Gasteiger partial charge in [0.15, 0.2) is 0 Å². The molecule has 0 aliphatic carbocycles. The lowest BCUT2D eigenvalue weighted by atomic mass is 10.0. The Morgan fingerprint density at radius 3 is 2.42 bits per heavy atom. The Hall–Kier alpha value is -2.38. The van der Waals surface area contributed by atoms with Gasteiger partial charge < -0.3 is 4.74 Å². The van der Waals surface area contributed by atoms with Crippen LogP contribution in [0.4, 0.5) is 0 Å². The monoisotopic (exact) mass is 475 g/mol. The van der Waals surface area contributed by atoms with E-state index in [0.717, 1.165) is 16.7 Å². The summed E-state index contributed by atoms with van der Waals surface area (Å²) in [5.41, 5.74) is 2.99. The van der Waals surface area contributed by atoms with Crippen molar-refractivity contribution in [1.29, 1.82) is 0 Å². The van der Waals surface area contributed by atoms with Crippen LogP contribution in [0, 0.1) is 0 Å². The van der Waals surface area contributed by atoms with Crippen LogP contribution in [-0.4, -0.2) is 25.2 Å². The van der Waals surface area contributed by atoms with Crippen molar-refractivity contribution in [3.8, 4) is 0 Å². The summed E-state index contributed by atoms with van der Waals surface area (Å²) in [5, 5.41) is 0.649. The molecular weight excluding hydrogens is 457 g/mol. The highest BCUT2D eigenvalue weighted by Gasteiger charge is 2.30. The molecule has 1 aliphatic rings. The van der Waals surface area contributed by atoms with Gasteiger partial charge in [0.1, 0.15) is 11.5 Å². The molecule has 0 amide bonds. The molecule has 0 saturated heterocycles. The molecule has 0 unspecified atom stereocenters. The summed E-state index contributed by atoms with van der Waals surface area (Å²) < 4.78 is 33.3. The lowest BCUT2D eigenvalue weighted by Gasteiger charge is -2.28. The van der Waals surface area contributed by atoms with Crippen LogP contribution in [0.15, 0.2) is 71.6 Å². The molecule has 0 saturated carbocycles. The number of hydrogen-bond acceptors (Lipinski definition) is 4. The molecule has 0 atom stereocenters. The lowest BCUT2D eigenvalue weighted by molar-refractivity contribution is 0.0472. The summed E-state index contributed by atoms with van der Waals surface area (Å²) in [4.78, 5) is 12.4. The molecule has 0 bridgehead atoms. The Balaban J connectivity index is 1.54. The van der Waals surface area contributed by atoms with Gasteiger partial charge in [0.2, 0.25) is 10.0 Å². The van der Waals surface area contributed by atoms with E-state index >= 15 is 0 Å². The number of benzene rings is 3. The average molecular weight is 476 g/mol. The minimum absolute atomic E-state index is 0.0453. The molecule has 3 aromatic carbocycles. The number of nitrogens with zero attached hydrogens (tertiary/aromatic N) is 1. The first-order valence-corrected chi connectivity index (χ1v) is 11.8. The summed E-state index contributed by atoms with van der Waals surface area (Å²) in [5.74, 6) is -0.632. The Labute approximate surface area is 191 Å². The van der Waals surface area contributed by atoms with E-state index in [4.69, 9.17) is 27.9 Å². The Morgan fingerprint density at radius 1 is 0.968 bits per heavy atom. The average Bonchev–Trinajstić information content (AvgIpc) is 2.78. The molecule has 1 aliphatic heterocycles. The predicted molar refractivity (Wildman–Crippen MR) is 120 cm³/mol. The molecule has 3 aromatic rings. The third-order valence-corrected chi connectivity index (χ3v) is 7.74. The second kappa shape index (κ2) is 9.01. The standard InChI is InChI=1S/C23H19Cl2NO4S/c24-20-8-5-16(6-9-20)15-30-23(27)18-7-10-21(25)22(13-18)31(28,29)26-12-11-17-3-1-2-4-19(17)14-26/h1-10,13H,11-12,14-15H2. The number of carbonyl (C=O) groups is 1. The molecule has 0 N–H and O–H groups in total. The number of fused-ring (bicyclic) bond motifs is 1.